The Labute approximate surface area is 156 Å². The largest absolute Gasteiger partial charge is 0.324 e. The zero-order valence-electron chi connectivity index (χ0n) is 14.8. The van der Waals surface area contributed by atoms with Crippen molar-refractivity contribution in [2.75, 3.05) is 5.32 Å². The number of halogens is 1. The maximum absolute atomic E-state index is 14.5. The summed E-state index contributed by atoms with van der Waals surface area (Å²) in [5.74, 6) is 0.0897. The molecule has 5 nitrogen and oxygen atoms in total. The number of hydrogen-bond donors (Lipinski definition) is 1. The molecule has 2 aromatic heterocycles. The number of hydrogen-bond acceptors (Lipinski definition) is 4. The molecule has 0 radical (unpaired) electrons. The Bertz CT molecular complexity index is 1060. The Morgan fingerprint density at radius 3 is 2.63 bits per heavy atom. The van der Waals surface area contributed by atoms with E-state index in [1.54, 1.807) is 35.4 Å². The summed E-state index contributed by atoms with van der Waals surface area (Å²) in [4.78, 5) is 12.9. The number of aryl methyl sites for hydroxylation is 1. The van der Waals surface area contributed by atoms with Crippen LogP contribution in [-0.2, 0) is 6.42 Å². The molecule has 4 aromatic rings. The Kier molecular flexibility index (Phi) is 4.61. The normalized spacial score (nSPS) is 10.7. The highest BCUT2D eigenvalue weighted by molar-refractivity contribution is 5.56. The second-order valence-corrected chi connectivity index (χ2v) is 6.25. The number of aromatic nitrogens is 4. The van der Waals surface area contributed by atoms with Crippen LogP contribution in [0.4, 0.5) is 16.0 Å². The zero-order valence-corrected chi connectivity index (χ0v) is 14.8. The number of nitrogens with one attached hydrogen (secondary N) is 1. The summed E-state index contributed by atoms with van der Waals surface area (Å²) in [6, 6.07) is 16.9. The van der Waals surface area contributed by atoms with Crippen molar-refractivity contribution in [3.05, 3.63) is 96.1 Å². The van der Waals surface area contributed by atoms with Crippen LogP contribution in [0, 0.1) is 12.7 Å². The van der Waals surface area contributed by atoms with Crippen LogP contribution in [0.1, 0.15) is 17.0 Å². The first kappa shape index (κ1) is 16.9. The quantitative estimate of drug-likeness (QED) is 0.572. The Morgan fingerprint density at radius 1 is 1.04 bits per heavy atom. The summed E-state index contributed by atoms with van der Waals surface area (Å²) >= 11 is 0. The topological polar surface area (TPSA) is 55.6 Å². The minimum atomic E-state index is -0.349. The molecular weight excluding hydrogens is 341 g/mol. The van der Waals surface area contributed by atoms with Gasteiger partial charge in [0.2, 0.25) is 5.95 Å². The van der Waals surface area contributed by atoms with Gasteiger partial charge in [-0.2, -0.15) is 0 Å². The van der Waals surface area contributed by atoms with Gasteiger partial charge >= 0.3 is 0 Å². The first-order valence-corrected chi connectivity index (χ1v) is 8.61. The minimum absolute atomic E-state index is 0.349. The Balaban J connectivity index is 1.52. The van der Waals surface area contributed by atoms with E-state index in [-0.39, 0.29) is 5.82 Å². The van der Waals surface area contributed by atoms with Gasteiger partial charge in [0, 0.05) is 24.5 Å². The van der Waals surface area contributed by atoms with Gasteiger partial charge in [-0.15, -0.1) is 0 Å². The summed E-state index contributed by atoms with van der Waals surface area (Å²) in [5.41, 5.74) is 3.93. The molecule has 0 aliphatic carbocycles. The molecule has 0 aliphatic rings. The fraction of sp³-hybridized carbons (Fsp3) is 0.0952. The Morgan fingerprint density at radius 2 is 1.89 bits per heavy atom. The molecule has 134 valence electrons. The van der Waals surface area contributed by atoms with Crippen LogP contribution in [0.5, 0.6) is 0 Å². The molecule has 0 aliphatic heterocycles. The lowest BCUT2D eigenvalue weighted by Gasteiger charge is -2.09. The molecule has 4 rings (SSSR count). The zero-order chi connectivity index (χ0) is 18.6. The van der Waals surface area contributed by atoms with Crippen molar-refractivity contribution < 1.29 is 4.39 Å². The molecule has 0 saturated carbocycles. The monoisotopic (exact) mass is 359 g/mol. The van der Waals surface area contributed by atoms with Crippen molar-refractivity contribution in [2.45, 2.75) is 13.3 Å². The van der Waals surface area contributed by atoms with Gasteiger partial charge in [0.15, 0.2) is 0 Å². The standard InChI is InChI=1S/C21H18FN5/c1-15-13-27(14-24-15)20-8-7-17(12-19(20)22)25-21-23-10-9-18(26-21)11-16-5-3-2-4-6-16/h2-10,12-14H,11H2,1H3,(H,23,25,26). The molecule has 1 N–H and O–H groups in total. The van der Waals surface area contributed by atoms with Gasteiger partial charge in [0.1, 0.15) is 5.82 Å². The van der Waals surface area contributed by atoms with E-state index in [0.717, 1.165) is 11.4 Å². The summed E-state index contributed by atoms with van der Waals surface area (Å²) in [5, 5.41) is 3.07. The van der Waals surface area contributed by atoms with Crippen molar-refractivity contribution in [2.24, 2.45) is 0 Å². The lowest BCUT2D eigenvalue weighted by molar-refractivity contribution is 0.618. The highest BCUT2D eigenvalue weighted by Crippen LogP contribution is 2.21. The van der Waals surface area contributed by atoms with Crippen LogP contribution < -0.4 is 5.32 Å². The van der Waals surface area contributed by atoms with E-state index in [2.05, 4.69) is 32.4 Å². The van der Waals surface area contributed by atoms with Gasteiger partial charge in [-0.25, -0.2) is 19.3 Å². The molecule has 0 spiro atoms. The molecule has 2 heterocycles. The van der Waals surface area contributed by atoms with Crippen LogP contribution in [0.15, 0.2) is 73.3 Å². The Hall–Kier alpha value is -3.54. The highest BCUT2D eigenvalue weighted by atomic mass is 19.1. The van der Waals surface area contributed by atoms with Crippen LogP contribution in [0.3, 0.4) is 0 Å². The van der Waals surface area contributed by atoms with Crippen LogP contribution in [0.2, 0.25) is 0 Å². The first-order valence-electron chi connectivity index (χ1n) is 8.61. The van der Waals surface area contributed by atoms with Crippen molar-refractivity contribution in [3.63, 3.8) is 0 Å². The van der Waals surface area contributed by atoms with Gasteiger partial charge in [-0.1, -0.05) is 30.3 Å². The predicted octanol–water partition coefficient (Wildman–Crippen LogP) is 4.44. The van der Waals surface area contributed by atoms with Crippen molar-refractivity contribution in [3.8, 4) is 5.69 Å². The van der Waals surface area contributed by atoms with E-state index in [0.29, 0.717) is 23.7 Å². The summed E-state index contributed by atoms with van der Waals surface area (Å²) in [6.07, 6.45) is 5.79. The summed E-state index contributed by atoms with van der Waals surface area (Å²) in [7, 11) is 0. The summed E-state index contributed by atoms with van der Waals surface area (Å²) in [6.45, 7) is 1.87. The predicted molar refractivity (Wildman–Crippen MR) is 103 cm³/mol. The second kappa shape index (κ2) is 7.37. The SMILES string of the molecule is Cc1cn(-c2ccc(Nc3nccc(Cc4ccccc4)n3)cc2F)cn1. The van der Waals surface area contributed by atoms with Crippen LogP contribution in [-0.4, -0.2) is 19.5 Å². The smallest absolute Gasteiger partial charge is 0.227 e. The fourth-order valence-corrected chi connectivity index (χ4v) is 2.84. The summed E-state index contributed by atoms with van der Waals surface area (Å²) < 4.78 is 16.1. The van der Waals surface area contributed by atoms with Crippen LogP contribution >= 0.6 is 0 Å². The lowest BCUT2D eigenvalue weighted by Crippen LogP contribution is -2.02. The minimum Gasteiger partial charge on any atom is -0.324 e. The second-order valence-electron chi connectivity index (χ2n) is 6.25. The number of rotatable bonds is 5. The molecule has 6 heteroatoms. The molecule has 27 heavy (non-hydrogen) atoms. The third-order valence-electron chi connectivity index (χ3n) is 4.14. The van der Waals surface area contributed by atoms with Crippen molar-refractivity contribution >= 4 is 11.6 Å². The third-order valence-corrected chi connectivity index (χ3v) is 4.14. The fourth-order valence-electron chi connectivity index (χ4n) is 2.84. The van der Waals surface area contributed by atoms with Crippen LogP contribution in [0.25, 0.3) is 5.69 Å². The number of imidazole rings is 1. The van der Waals surface area contributed by atoms with Gasteiger partial charge in [0.05, 0.1) is 23.4 Å². The maximum atomic E-state index is 14.5. The third kappa shape index (κ3) is 4.00. The number of nitrogens with zero attached hydrogens (tertiary/aromatic N) is 4. The molecular formula is C21H18FN5. The molecule has 0 fully saturated rings. The molecule has 2 aromatic carbocycles. The molecule has 0 unspecified atom stereocenters. The lowest BCUT2D eigenvalue weighted by atomic mass is 10.1. The average Bonchev–Trinajstić information content (AvgIpc) is 3.09. The maximum Gasteiger partial charge on any atom is 0.227 e. The number of benzene rings is 2. The van der Waals surface area contributed by atoms with Crippen molar-refractivity contribution in [1.29, 1.82) is 0 Å². The van der Waals surface area contributed by atoms with Gasteiger partial charge in [0.25, 0.3) is 0 Å². The van der Waals surface area contributed by atoms with E-state index < -0.39 is 0 Å². The molecule has 0 bridgehead atoms. The molecule has 0 saturated heterocycles. The van der Waals surface area contributed by atoms with E-state index >= 15 is 0 Å². The van der Waals surface area contributed by atoms with E-state index in [1.165, 1.54) is 11.6 Å². The van der Waals surface area contributed by atoms with E-state index in [1.807, 2.05) is 31.2 Å². The van der Waals surface area contributed by atoms with Gasteiger partial charge < -0.3 is 9.88 Å². The highest BCUT2D eigenvalue weighted by Gasteiger charge is 2.08. The molecule has 0 amide bonds. The van der Waals surface area contributed by atoms with Gasteiger partial charge in [-0.05, 0) is 36.8 Å². The van der Waals surface area contributed by atoms with E-state index in [4.69, 9.17) is 0 Å². The molecule has 0 atom stereocenters. The van der Waals surface area contributed by atoms with Crippen molar-refractivity contribution in [1.82, 2.24) is 19.5 Å². The van der Waals surface area contributed by atoms with E-state index in [9.17, 15) is 4.39 Å². The number of anilines is 2. The average molecular weight is 359 g/mol. The van der Waals surface area contributed by atoms with Gasteiger partial charge in [-0.3, -0.25) is 0 Å². The first-order chi connectivity index (χ1) is 13.2.